The predicted octanol–water partition coefficient (Wildman–Crippen LogP) is 0.941. The lowest BCUT2D eigenvalue weighted by Crippen LogP contribution is -2.36. The van der Waals surface area contributed by atoms with E-state index < -0.39 is 15.8 Å². The van der Waals surface area contributed by atoms with Crippen molar-refractivity contribution in [3.8, 4) is 6.07 Å². The van der Waals surface area contributed by atoms with Crippen LogP contribution < -0.4 is 0 Å². The second kappa shape index (κ2) is 6.06. The summed E-state index contributed by atoms with van der Waals surface area (Å²) in [7, 11) is -3.06. The zero-order valence-corrected chi connectivity index (χ0v) is 11.8. The van der Waals surface area contributed by atoms with Crippen molar-refractivity contribution in [3.63, 3.8) is 0 Å². The Balaban J connectivity index is 2.16. The maximum absolute atomic E-state index is 12.4. The molecule has 1 amide bonds. The molecule has 0 saturated carbocycles. The van der Waals surface area contributed by atoms with Crippen LogP contribution in [0.2, 0.25) is 0 Å². The summed E-state index contributed by atoms with van der Waals surface area (Å²) in [6, 6.07) is 10.9. The molecule has 5 nitrogen and oxygen atoms in total. The van der Waals surface area contributed by atoms with E-state index in [2.05, 4.69) is 0 Å². The van der Waals surface area contributed by atoms with Crippen LogP contribution in [0, 0.1) is 11.3 Å². The monoisotopic (exact) mass is 292 g/mol. The summed E-state index contributed by atoms with van der Waals surface area (Å²) >= 11 is 0. The summed E-state index contributed by atoms with van der Waals surface area (Å²) in [5, 5.41) is 9.24. The molecule has 0 aromatic heterocycles. The van der Waals surface area contributed by atoms with Gasteiger partial charge in [-0.15, -0.1) is 0 Å². The minimum atomic E-state index is -3.06. The lowest BCUT2D eigenvalue weighted by molar-refractivity contribution is -0.131. The zero-order valence-electron chi connectivity index (χ0n) is 11.0. The van der Waals surface area contributed by atoms with Gasteiger partial charge in [0.1, 0.15) is 5.92 Å². The van der Waals surface area contributed by atoms with E-state index in [-0.39, 0.29) is 24.0 Å². The normalized spacial score (nSPS) is 19.6. The Hall–Kier alpha value is -1.87. The highest BCUT2D eigenvalue weighted by Crippen LogP contribution is 2.19. The molecule has 106 valence electrons. The Bertz CT molecular complexity index is 620. The molecule has 2 rings (SSSR count). The van der Waals surface area contributed by atoms with Crippen molar-refractivity contribution < 1.29 is 13.2 Å². The van der Waals surface area contributed by atoms with E-state index in [9.17, 15) is 18.5 Å². The number of nitriles is 1. The molecule has 1 atom stereocenters. The summed E-state index contributed by atoms with van der Waals surface area (Å²) in [5.74, 6) is -1.09. The molecule has 1 saturated heterocycles. The van der Waals surface area contributed by atoms with Crippen molar-refractivity contribution in [2.45, 2.75) is 12.3 Å². The van der Waals surface area contributed by atoms with Gasteiger partial charge in [-0.1, -0.05) is 30.3 Å². The number of hydrogen-bond donors (Lipinski definition) is 0. The minimum Gasteiger partial charge on any atom is -0.340 e. The fourth-order valence-corrected chi connectivity index (χ4v) is 3.53. The average molecular weight is 292 g/mol. The zero-order chi connectivity index (χ0) is 14.6. The number of rotatable bonds is 2. The molecule has 20 heavy (non-hydrogen) atoms. The molecule has 1 aliphatic rings. The molecular weight excluding hydrogens is 276 g/mol. The van der Waals surface area contributed by atoms with Crippen LogP contribution in [-0.4, -0.2) is 43.8 Å². The first kappa shape index (κ1) is 14.5. The molecule has 0 aliphatic carbocycles. The van der Waals surface area contributed by atoms with Gasteiger partial charge in [0.2, 0.25) is 5.91 Å². The summed E-state index contributed by atoms with van der Waals surface area (Å²) in [4.78, 5) is 13.9. The van der Waals surface area contributed by atoms with Crippen molar-refractivity contribution in [2.24, 2.45) is 0 Å². The molecule has 1 fully saturated rings. The first-order valence-electron chi connectivity index (χ1n) is 6.47. The lowest BCUT2D eigenvalue weighted by Gasteiger charge is -2.22. The van der Waals surface area contributed by atoms with E-state index >= 15 is 0 Å². The summed E-state index contributed by atoms with van der Waals surface area (Å²) in [6.45, 7) is 0.565. The lowest BCUT2D eigenvalue weighted by atomic mass is 9.99. The second-order valence-electron chi connectivity index (χ2n) is 4.80. The van der Waals surface area contributed by atoms with E-state index in [0.717, 1.165) is 0 Å². The fraction of sp³-hybridized carbons (Fsp3) is 0.429. The van der Waals surface area contributed by atoms with Crippen molar-refractivity contribution in [2.75, 3.05) is 24.6 Å². The summed E-state index contributed by atoms with van der Waals surface area (Å²) in [5.41, 5.74) is 0.645. The molecule has 1 unspecified atom stereocenters. The second-order valence-corrected chi connectivity index (χ2v) is 7.11. The Kier molecular flexibility index (Phi) is 4.40. The molecule has 6 heteroatoms. The van der Waals surface area contributed by atoms with E-state index in [1.165, 1.54) is 4.90 Å². The van der Waals surface area contributed by atoms with E-state index in [4.69, 9.17) is 0 Å². The number of sulfone groups is 1. The maximum atomic E-state index is 12.4. The van der Waals surface area contributed by atoms with Gasteiger partial charge in [-0.05, 0) is 12.0 Å². The molecule has 0 radical (unpaired) electrons. The molecule has 0 N–H and O–H groups in total. The van der Waals surface area contributed by atoms with Gasteiger partial charge in [-0.3, -0.25) is 4.79 Å². The molecule has 1 aromatic carbocycles. The smallest absolute Gasteiger partial charge is 0.244 e. The number of hydrogen-bond acceptors (Lipinski definition) is 4. The topological polar surface area (TPSA) is 78.2 Å². The van der Waals surface area contributed by atoms with Crippen LogP contribution in [-0.2, 0) is 14.6 Å². The van der Waals surface area contributed by atoms with Crippen LogP contribution in [0.3, 0.4) is 0 Å². The van der Waals surface area contributed by atoms with Gasteiger partial charge in [-0.2, -0.15) is 5.26 Å². The number of amides is 1. The average Bonchev–Trinajstić information content (AvgIpc) is 2.61. The largest absolute Gasteiger partial charge is 0.340 e. The van der Waals surface area contributed by atoms with E-state index in [0.29, 0.717) is 18.5 Å². The SMILES string of the molecule is N#CC(C(=O)N1CCCS(=O)(=O)CC1)c1ccccc1. The van der Waals surface area contributed by atoms with Crippen molar-refractivity contribution in [1.82, 2.24) is 4.90 Å². The minimum absolute atomic E-state index is 0.0221. The van der Waals surface area contributed by atoms with Crippen molar-refractivity contribution >= 4 is 15.7 Å². The van der Waals surface area contributed by atoms with Crippen LogP contribution in [0.15, 0.2) is 30.3 Å². The quantitative estimate of drug-likeness (QED) is 0.812. The van der Waals surface area contributed by atoms with Crippen LogP contribution in [0.25, 0.3) is 0 Å². The van der Waals surface area contributed by atoms with Gasteiger partial charge >= 0.3 is 0 Å². The highest BCUT2D eigenvalue weighted by molar-refractivity contribution is 7.91. The van der Waals surface area contributed by atoms with Crippen LogP contribution in [0.1, 0.15) is 17.9 Å². The third-order valence-electron chi connectivity index (χ3n) is 3.38. The number of carbonyl (C=O) groups excluding carboxylic acids is 1. The van der Waals surface area contributed by atoms with Crippen LogP contribution in [0.4, 0.5) is 0 Å². The van der Waals surface area contributed by atoms with Crippen molar-refractivity contribution in [3.05, 3.63) is 35.9 Å². The van der Waals surface area contributed by atoms with Crippen LogP contribution in [0.5, 0.6) is 0 Å². The van der Waals surface area contributed by atoms with Gasteiger partial charge in [0.15, 0.2) is 9.84 Å². The third kappa shape index (κ3) is 3.36. The maximum Gasteiger partial charge on any atom is 0.244 e. The third-order valence-corrected chi connectivity index (χ3v) is 5.09. The van der Waals surface area contributed by atoms with Crippen molar-refractivity contribution in [1.29, 1.82) is 5.26 Å². The predicted molar refractivity (Wildman–Crippen MR) is 74.6 cm³/mol. The summed E-state index contributed by atoms with van der Waals surface area (Å²) in [6.07, 6.45) is 0.432. The molecule has 0 bridgehead atoms. The number of nitrogens with zero attached hydrogens (tertiary/aromatic N) is 2. The van der Waals surface area contributed by atoms with Gasteiger partial charge in [0, 0.05) is 13.1 Å². The van der Waals surface area contributed by atoms with E-state index in [1.54, 1.807) is 24.3 Å². The fourth-order valence-electron chi connectivity index (χ4n) is 2.26. The Morgan fingerprint density at radius 1 is 1.20 bits per heavy atom. The summed E-state index contributed by atoms with van der Waals surface area (Å²) < 4.78 is 23.1. The van der Waals surface area contributed by atoms with Gasteiger partial charge in [0.25, 0.3) is 0 Å². The first-order valence-corrected chi connectivity index (χ1v) is 8.29. The first-order chi connectivity index (χ1) is 9.53. The number of carbonyl (C=O) groups is 1. The molecule has 0 spiro atoms. The molecule has 1 aromatic rings. The Morgan fingerprint density at radius 3 is 2.55 bits per heavy atom. The Morgan fingerprint density at radius 2 is 1.90 bits per heavy atom. The molecular formula is C14H16N2O3S. The van der Waals surface area contributed by atoms with Crippen LogP contribution >= 0.6 is 0 Å². The van der Waals surface area contributed by atoms with Gasteiger partial charge in [-0.25, -0.2) is 8.42 Å². The molecule has 1 heterocycles. The molecule has 1 aliphatic heterocycles. The highest BCUT2D eigenvalue weighted by Gasteiger charge is 2.28. The van der Waals surface area contributed by atoms with E-state index in [1.807, 2.05) is 12.1 Å². The highest BCUT2D eigenvalue weighted by atomic mass is 32.2. The number of benzene rings is 1. The van der Waals surface area contributed by atoms with Gasteiger partial charge < -0.3 is 4.90 Å². The van der Waals surface area contributed by atoms with Gasteiger partial charge in [0.05, 0.1) is 17.6 Å². The Labute approximate surface area is 118 Å². The standard InChI is InChI=1S/C14H16N2O3S/c15-11-13(12-5-2-1-3-6-12)14(17)16-7-4-9-20(18,19)10-8-16/h1-3,5-6,13H,4,7-10H2.